The Bertz CT molecular complexity index is 939. The van der Waals surface area contributed by atoms with Crippen molar-refractivity contribution in [3.63, 3.8) is 0 Å². The number of sulfonamides is 1. The maximum atomic E-state index is 13.5. The number of ether oxygens (including phenoxy) is 2. The minimum Gasteiger partial charge on any atom is -0.378 e. The first-order valence-electron chi connectivity index (χ1n) is 12.4. The molecule has 2 aliphatic heterocycles. The van der Waals surface area contributed by atoms with E-state index in [2.05, 4.69) is 12.2 Å². The summed E-state index contributed by atoms with van der Waals surface area (Å²) >= 11 is 12.3. The van der Waals surface area contributed by atoms with E-state index >= 15 is 0 Å². The van der Waals surface area contributed by atoms with Crippen LogP contribution in [0.15, 0.2) is 17.0 Å². The first-order chi connectivity index (χ1) is 16.7. The van der Waals surface area contributed by atoms with E-state index in [1.54, 1.807) is 13.0 Å². The fourth-order valence-electron chi connectivity index (χ4n) is 4.66. The molecule has 2 atom stereocenters. The van der Waals surface area contributed by atoms with Gasteiger partial charge in [-0.15, -0.1) is 0 Å². The molecule has 0 aliphatic carbocycles. The number of morpholine rings is 1. The van der Waals surface area contributed by atoms with Crippen molar-refractivity contribution < 1.29 is 22.7 Å². The zero-order chi connectivity index (χ0) is 25.4. The predicted molar refractivity (Wildman–Crippen MR) is 138 cm³/mol. The maximum absolute atomic E-state index is 13.5. The number of benzene rings is 1. The number of hydrogen-bond donors (Lipinski definition) is 1. The number of hydrogen-bond acceptors (Lipinski definition) is 6. The quantitative estimate of drug-likeness (QED) is 0.425. The third-order valence-corrected chi connectivity index (χ3v) is 9.27. The van der Waals surface area contributed by atoms with Crippen LogP contribution in [0.2, 0.25) is 10.0 Å². The van der Waals surface area contributed by atoms with Gasteiger partial charge in [-0.1, -0.05) is 55.8 Å². The van der Waals surface area contributed by atoms with Gasteiger partial charge in [0.15, 0.2) is 0 Å². The lowest BCUT2D eigenvalue weighted by Gasteiger charge is -2.35. The van der Waals surface area contributed by atoms with Crippen LogP contribution in [0, 0.1) is 6.92 Å². The van der Waals surface area contributed by atoms with Gasteiger partial charge in [-0.2, -0.15) is 4.31 Å². The van der Waals surface area contributed by atoms with E-state index in [0.29, 0.717) is 29.7 Å². The summed E-state index contributed by atoms with van der Waals surface area (Å²) in [4.78, 5) is 14.6. The molecule has 35 heavy (non-hydrogen) atoms. The first-order valence-corrected chi connectivity index (χ1v) is 14.6. The summed E-state index contributed by atoms with van der Waals surface area (Å²) < 4.78 is 39.5. The van der Waals surface area contributed by atoms with Gasteiger partial charge in [0.25, 0.3) is 0 Å². The van der Waals surface area contributed by atoms with E-state index in [9.17, 15) is 13.2 Å². The second-order valence-corrected chi connectivity index (χ2v) is 11.9. The Morgan fingerprint density at radius 3 is 2.77 bits per heavy atom. The van der Waals surface area contributed by atoms with Crippen LogP contribution in [-0.4, -0.2) is 88.2 Å². The lowest BCUT2D eigenvalue weighted by molar-refractivity contribution is -0.138. The lowest BCUT2D eigenvalue weighted by Crippen LogP contribution is -2.54. The van der Waals surface area contributed by atoms with Gasteiger partial charge in [0, 0.05) is 37.2 Å². The van der Waals surface area contributed by atoms with Crippen molar-refractivity contribution in [1.29, 1.82) is 0 Å². The summed E-state index contributed by atoms with van der Waals surface area (Å²) in [6.45, 7) is 6.57. The highest BCUT2D eigenvalue weighted by atomic mass is 35.5. The number of nitrogens with zero attached hydrogens (tertiary/aromatic N) is 2. The normalized spacial score (nSPS) is 21.9. The van der Waals surface area contributed by atoms with Crippen molar-refractivity contribution in [3.05, 3.63) is 27.7 Å². The number of nitrogens with one attached hydrogen (secondary N) is 1. The van der Waals surface area contributed by atoms with Crippen LogP contribution >= 0.6 is 23.2 Å². The van der Waals surface area contributed by atoms with Crippen molar-refractivity contribution in [2.24, 2.45) is 0 Å². The molecule has 0 saturated carbocycles. The van der Waals surface area contributed by atoms with Crippen LogP contribution < -0.4 is 5.32 Å². The van der Waals surface area contributed by atoms with Crippen LogP contribution in [0.3, 0.4) is 0 Å². The zero-order valence-electron chi connectivity index (χ0n) is 20.6. The highest BCUT2D eigenvalue weighted by molar-refractivity contribution is 7.89. The lowest BCUT2D eigenvalue weighted by atomic mass is 10.1. The summed E-state index contributed by atoms with van der Waals surface area (Å²) in [5.41, 5.74) is 0.479. The van der Waals surface area contributed by atoms with Crippen molar-refractivity contribution in [2.75, 3.05) is 52.6 Å². The number of amides is 1. The van der Waals surface area contributed by atoms with Crippen molar-refractivity contribution in [3.8, 4) is 0 Å². The average molecular weight is 551 g/mol. The molecule has 0 spiro atoms. The Labute approximate surface area is 219 Å². The van der Waals surface area contributed by atoms with E-state index < -0.39 is 16.1 Å². The first kappa shape index (κ1) is 28.6. The molecule has 0 bridgehead atoms. The Hall–Kier alpha value is -0.940. The average Bonchev–Trinajstić information content (AvgIpc) is 2.81. The molecule has 0 radical (unpaired) electrons. The SMILES string of the molecule is CCCCCCC1CN(C(=O)COC[C@@H]2COCCN2S(=O)(=O)c2c(C)cc(Cl)cc2Cl)CCN1. The monoisotopic (exact) mass is 549 g/mol. The van der Waals surface area contributed by atoms with E-state index in [-0.39, 0.29) is 48.8 Å². The van der Waals surface area contributed by atoms with E-state index in [1.165, 1.54) is 29.6 Å². The molecule has 11 heteroatoms. The number of rotatable bonds is 11. The standard InChI is InChI=1S/C24H37Cl2N3O5S/c1-3-4-5-6-7-20-14-28(9-8-27-20)23(30)17-34-16-21-15-33-11-10-29(21)35(31,32)24-18(2)12-19(25)13-22(24)26/h12-13,20-21,27H,3-11,14-17H2,1-2H3/t20?,21-/m0/s1. The zero-order valence-corrected chi connectivity index (χ0v) is 22.9. The molecule has 8 nitrogen and oxygen atoms in total. The molecule has 198 valence electrons. The van der Waals surface area contributed by atoms with E-state index in [0.717, 1.165) is 19.4 Å². The van der Waals surface area contributed by atoms with E-state index in [4.69, 9.17) is 32.7 Å². The summed E-state index contributed by atoms with van der Waals surface area (Å²) in [6, 6.07) is 2.76. The summed E-state index contributed by atoms with van der Waals surface area (Å²) in [5, 5.41) is 3.96. The molecule has 1 unspecified atom stereocenters. The Kier molecular flexibility index (Phi) is 11.1. The second-order valence-electron chi connectivity index (χ2n) is 9.23. The van der Waals surface area contributed by atoms with Crippen LogP contribution in [0.25, 0.3) is 0 Å². The topological polar surface area (TPSA) is 88.2 Å². The minimum atomic E-state index is -3.90. The van der Waals surface area contributed by atoms with Crippen molar-refractivity contribution in [1.82, 2.24) is 14.5 Å². The molecule has 1 aromatic carbocycles. The van der Waals surface area contributed by atoms with Crippen molar-refractivity contribution in [2.45, 2.75) is 62.9 Å². The summed E-state index contributed by atoms with van der Waals surface area (Å²) in [5.74, 6) is -0.0761. The van der Waals surface area contributed by atoms with Crippen LogP contribution in [0.1, 0.15) is 44.6 Å². The number of carbonyl (C=O) groups is 1. The van der Waals surface area contributed by atoms with Gasteiger partial charge in [-0.25, -0.2) is 8.42 Å². The van der Waals surface area contributed by atoms with Crippen LogP contribution in [0.4, 0.5) is 0 Å². The maximum Gasteiger partial charge on any atom is 0.248 e. The van der Waals surface area contributed by atoms with Gasteiger partial charge in [0.2, 0.25) is 15.9 Å². The second kappa shape index (κ2) is 13.6. The Balaban J connectivity index is 1.55. The van der Waals surface area contributed by atoms with Gasteiger partial charge in [0.1, 0.15) is 11.5 Å². The molecular weight excluding hydrogens is 513 g/mol. The molecule has 1 amide bonds. The molecule has 2 heterocycles. The predicted octanol–water partition coefficient (Wildman–Crippen LogP) is 3.48. The number of carbonyl (C=O) groups excluding carboxylic acids is 1. The molecule has 2 aliphatic rings. The number of halogens is 2. The number of aryl methyl sites for hydroxylation is 1. The molecule has 1 aromatic rings. The molecule has 2 fully saturated rings. The molecule has 1 N–H and O–H groups in total. The Morgan fingerprint density at radius 1 is 1.23 bits per heavy atom. The smallest absolute Gasteiger partial charge is 0.248 e. The van der Waals surface area contributed by atoms with Gasteiger partial charge in [-0.05, 0) is 31.0 Å². The fraction of sp³-hybridized carbons (Fsp3) is 0.708. The van der Waals surface area contributed by atoms with Crippen LogP contribution in [0.5, 0.6) is 0 Å². The van der Waals surface area contributed by atoms with Gasteiger partial charge in [-0.3, -0.25) is 4.79 Å². The molecular formula is C24H37Cl2N3O5S. The van der Waals surface area contributed by atoms with E-state index in [1.807, 2.05) is 4.90 Å². The number of unbranched alkanes of at least 4 members (excludes halogenated alkanes) is 3. The third kappa shape index (κ3) is 7.77. The van der Waals surface area contributed by atoms with Gasteiger partial charge >= 0.3 is 0 Å². The van der Waals surface area contributed by atoms with Gasteiger partial charge < -0.3 is 19.7 Å². The summed E-state index contributed by atoms with van der Waals surface area (Å²) in [6.07, 6.45) is 5.88. The van der Waals surface area contributed by atoms with Crippen LogP contribution in [-0.2, 0) is 24.3 Å². The highest BCUT2D eigenvalue weighted by Crippen LogP contribution is 2.32. The number of piperazine rings is 1. The third-order valence-electron chi connectivity index (χ3n) is 6.48. The highest BCUT2D eigenvalue weighted by Gasteiger charge is 2.36. The molecule has 3 rings (SSSR count). The largest absolute Gasteiger partial charge is 0.378 e. The fourth-order valence-corrected chi connectivity index (χ4v) is 7.38. The Morgan fingerprint density at radius 2 is 2.03 bits per heavy atom. The minimum absolute atomic E-state index is 0.0392. The summed E-state index contributed by atoms with van der Waals surface area (Å²) in [7, 11) is -3.90. The van der Waals surface area contributed by atoms with Crippen molar-refractivity contribution >= 4 is 39.1 Å². The molecule has 2 saturated heterocycles. The van der Waals surface area contributed by atoms with Gasteiger partial charge in [0.05, 0.1) is 30.9 Å². The molecule has 0 aromatic heterocycles.